The van der Waals surface area contributed by atoms with E-state index >= 15 is 0 Å². The van der Waals surface area contributed by atoms with Gasteiger partial charge in [-0.25, -0.2) is 4.98 Å². The molecule has 0 saturated carbocycles. The van der Waals surface area contributed by atoms with Crippen molar-refractivity contribution in [3.8, 4) is 28.6 Å². The van der Waals surface area contributed by atoms with E-state index in [1.165, 1.54) is 0 Å². The zero-order valence-corrected chi connectivity index (χ0v) is 16.5. The van der Waals surface area contributed by atoms with Crippen LogP contribution < -0.4 is 9.47 Å². The molecule has 0 fully saturated rings. The van der Waals surface area contributed by atoms with E-state index in [-0.39, 0.29) is 5.88 Å². The van der Waals surface area contributed by atoms with E-state index in [4.69, 9.17) is 14.5 Å². The SMILES string of the molecule is CCC(=Nc1ccc(-c2cnc[nH]2)cc1)c1c(O)[nH]c2cc(OC)c(OC)cc12. The summed E-state index contributed by atoms with van der Waals surface area (Å²) in [6, 6.07) is 11.5. The molecule has 2 heterocycles. The van der Waals surface area contributed by atoms with Crippen molar-refractivity contribution in [2.45, 2.75) is 13.3 Å². The van der Waals surface area contributed by atoms with E-state index in [0.717, 1.165) is 33.6 Å². The molecular formula is C22H22N4O3. The molecule has 0 aliphatic rings. The van der Waals surface area contributed by atoms with Crippen LogP contribution in [0.4, 0.5) is 5.69 Å². The highest BCUT2D eigenvalue weighted by Crippen LogP contribution is 2.37. The van der Waals surface area contributed by atoms with E-state index in [0.29, 0.717) is 23.5 Å². The highest BCUT2D eigenvalue weighted by molar-refractivity contribution is 6.14. The molecule has 148 valence electrons. The van der Waals surface area contributed by atoms with Crippen LogP contribution in [0, 0.1) is 0 Å². The van der Waals surface area contributed by atoms with Crippen molar-refractivity contribution in [3.63, 3.8) is 0 Å². The normalized spacial score (nSPS) is 11.8. The highest BCUT2D eigenvalue weighted by atomic mass is 16.5. The van der Waals surface area contributed by atoms with Gasteiger partial charge in [0, 0.05) is 11.5 Å². The lowest BCUT2D eigenvalue weighted by atomic mass is 10.1. The number of methoxy groups -OCH3 is 2. The number of hydrogen-bond acceptors (Lipinski definition) is 5. The zero-order valence-electron chi connectivity index (χ0n) is 16.5. The second-order valence-corrected chi connectivity index (χ2v) is 6.53. The van der Waals surface area contributed by atoms with E-state index in [9.17, 15) is 5.11 Å². The summed E-state index contributed by atoms with van der Waals surface area (Å²) in [5, 5.41) is 11.4. The number of nitrogens with one attached hydrogen (secondary N) is 2. The summed E-state index contributed by atoms with van der Waals surface area (Å²) in [6.45, 7) is 2.01. The molecule has 4 rings (SSSR count). The van der Waals surface area contributed by atoms with Crippen molar-refractivity contribution >= 4 is 22.3 Å². The lowest BCUT2D eigenvalue weighted by molar-refractivity contribution is 0.356. The standard InChI is InChI=1S/C22H22N4O3/c1-4-16(25-14-7-5-13(6-8-14)18-11-23-12-24-18)21-15-9-19(28-2)20(29-3)10-17(15)26-22(21)27/h5-12,26-27H,4H2,1-3H3,(H,23,24). The number of benzene rings is 2. The Bertz CT molecular complexity index is 1160. The van der Waals surface area contributed by atoms with Crippen LogP contribution in [0.1, 0.15) is 18.9 Å². The molecule has 2 aromatic heterocycles. The van der Waals surface area contributed by atoms with Gasteiger partial charge in [0.25, 0.3) is 0 Å². The van der Waals surface area contributed by atoms with E-state index in [1.54, 1.807) is 26.7 Å². The van der Waals surface area contributed by atoms with Crippen LogP contribution in [0.5, 0.6) is 17.4 Å². The number of aromatic amines is 2. The van der Waals surface area contributed by atoms with Crippen molar-refractivity contribution in [2.75, 3.05) is 14.2 Å². The van der Waals surface area contributed by atoms with Gasteiger partial charge in [-0.3, -0.25) is 4.99 Å². The number of aromatic hydroxyl groups is 1. The second-order valence-electron chi connectivity index (χ2n) is 6.53. The topological polar surface area (TPSA) is 95.5 Å². The number of aliphatic imine (C=N–C) groups is 1. The first-order valence-corrected chi connectivity index (χ1v) is 9.28. The maximum absolute atomic E-state index is 10.6. The average Bonchev–Trinajstić information content (AvgIpc) is 3.39. The number of aromatic nitrogens is 3. The Hall–Kier alpha value is -3.74. The quantitative estimate of drug-likeness (QED) is 0.412. The molecule has 0 saturated heterocycles. The van der Waals surface area contributed by atoms with Gasteiger partial charge in [0.05, 0.1) is 54.9 Å². The Morgan fingerprint density at radius 3 is 2.45 bits per heavy atom. The fraction of sp³-hybridized carbons (Fsp3) is 0.182. The van der Waals surface area contributed by atoms with E-state index in [2.05, 4.69) is 15.0 Å². The lowest BCUT2D eigenvalue weighted by Crippen LogP contribution is -1.98. The van der Waals surface area contributed by atoms with Gasteiger partial charge in [-0.1, -0.05) is 19.1 Å². The molecule has 0 aliphatic carbocycles. The number of imidazole rings is 1. The Kier molecular flexibility index (Phi) is 4.95. The van der Waals surface area contributed by atoms with Gasteiger partial charge in [-0.15, -0.1) is 0 Å². The molecule has 0 aliphatic heterocycles. The smallest absolute Gasteiger partial charge is 0.198 e. The predicted octanol–water partition coefficient (Wildman–Crippen LogP) is 4.81. The molecule has 0 spiro atoms. The molecule has 0 radical (unpaired) electrons. The molecule has 2 aromatic carbocycles. The monoisotopic (exact) mass is 390 g/mol. The van der Waals surface area contributed by atoms with Gasteiger partial charge in [0.2, 0.25) is 0 Å². The number of rotatable bonds is 6. The van der Waals surface area contributed by atoms with Gasteiger partial charge in [0.1, 0.15) is 0 Å². The van der Waals surface area contributed by atoms with Crippen LogP contribution in [-0.4, -0.2) is 40.0 Å². The summed E-state index contributed by atoms with van der Waals surface area (Å²) in [4.78, 5) is 14.9. The van der Waals surface area contributed by atoms with Crippen LogP contribution >= 0.6 is 0 Å². The number of H-pyrrole nitrogens is 2. The summed E-state index contributed by atoms with van der Waals surface area (Å²) in [5.41, 5.74) is 4.99. The van der Waals surface area contributed by atoms with Crippen LogP contribution in [0.2, 0.25) is 0 Å². The molecular weight excluding hydrogens is 368 g/mol. The third kappa shape index (κ3) is 3.42. The predicted molar refractivity (Wildman–Crippen MR) is 114 cm³/mol. The Balaban J connectivity index is 1.77. The van der Waals surface area contributed by atoms with Crippen molar-refractivity contribution in [1.29, 1.82) is 0 Å². The van der Waals surface area contributed by atoms with Crippen LogP contribution in [-0.2, 0) is 0 Å². The zero-order chi connectivity index (χ0) is 20.4. The van der Waals surface area contributed by atoms with Gasteiger partial charge < -0.3 is 24.5 Å². The minimum atomic E-state index is 0.0741. The van der Waals surface area contributed by atoms with Crippen molar-refractivity contribution in [3.05, 3.63) is 54.5 Å². The molecule has 0 unspecified atom stereocenters. The third-order valence-corrected chi connectivity index (χ3v) is 4.85. The number of fused-ring (bicyclic) bond motifs is 1. The van der Waals surface area contributed by atoms with E-state index in [1.807, 2.05) is 43.3 Å². The van der Waals surface area contributed by atoms with Crippen LogP contribution in [0.25, 0.3) is 22.2 Å². The summed E-state index contributed by atoms with van der Waals surface area (Å²) < 4.78 is 10.8. The third-order valence-electron chi connectivity index (χ3n) is 4.85. The Morgan fingerprint density at radius 1 is 1.10 bits per heavy atom. The first-order chi connectivity index (χ1) is 14.1. The first-order valence-electron chi connectivity index (χ1n) is 9.28. The minimum absolute atomic E-state index is 0.0741. The average molecular weight is 390 g/mol. The van der Waals surface area contributed by atoms with Gasteiger partial charge in [-0.05, 0) is 30.2 Å². The molecule has 3 N–H and O–H groups in total. The summed E-state index contributed by atoms with van der Waals surface area (Å²) in [5.74, 6) is 1.27. The van der Waals surface area contributed by atoms with Gasteiger partial charge >= 0.3 is 0 Å². The second kappa shape index (κ2) is 7.71. The maximum atomic E-state index is 10.6. The molecule has 29 heavy (non-hydrogen) atoms. The molecule has 7 nitrogen and oxygen atoms in total. The molecule has 7 heteroatoms. The maximum Gasteiger partial charge on any atom is 0.198 e. The van der Waals surface area contributed by atoms with Gasteiger partial charge in [0.15, 0.2) is 17.4 Å². The summed E-state index contributed by atoms with van der Waals surface area (Å²) in [6.07, 6.45) is 4.08. The molecule has 4 aromatic rings. The molecule has 0 atom stereocenters. The fourth-order valence-electron chi connectivity index (χ4n) is 3.40. The van der Waals surface area contributed by atoms with E-state index < -0.39 is 0 Å². The van der Waals surface area contributed by atoms with Crippen molar-refractivity contribution in [2.24, 2.45) is 4.99 Å². The molecule has 0 bridgehead atoms. The van der Waals surface area contributed by atoms with Crippen LogP contribution in [0.3, 0.4) is 0 Å². The number of hydrogen-bond donors (Lipinski definition) is 3. The number of nitrogens with zero attached hydrogens (tertiary/aromatic N) is 2. The summed E-state index contributed by atoms with van der Waals surface area (Å²) in [7, 11) is 3.17. The largest absolute Gasteiger partial charge is 0.494 e. The van der Waals surface area contributed by atoms with Gasteiger partial charge in [-0.2, -0.15) is 0 Å². The highest BCUT2D eigenvalue weighted by Gasteiger charge is 2.18. The minimum Gasteiger partial charge on any atom is -0.494 e. The first kappa shape index (κ1) is 18.6. The summed E-state index contributed by atoms with van der Waals surface area (Å²) >= 11 is 0. The van der Waals surface area contributed by atoms with Crippen molar-refractivity contribution in [1.82, 2.24) is 15.0 Å². The van der Waals surface area contributed by atoms with Crippen molar-refractivity contribution < 1.29 is 14.6 Å². The Morgan fingerprint density at radius 2 is 1.83 bits per heavy atom. The molecule has 0 amide bonds. The lowest BCUT2D eigenvalue weighted by Gasteiger charge is -2.09. The Labute approximate surface area is 168 Å². The number of ether oxygens (including phenoxy) is 2. The fourth-order valence-corrected chi connectivity index (χ4v) is 3.40. The van der Waals surface area contributed by atoms with Crippen LogP contribution in [0.15, 0.2) is 53.9 Å².